The Labute approximate surface area is 153 Å². The first kappa shape index (κ1) is 20.1. The maximum absolute atomic E-state index is 13.4. The summed E-state index contributed by atoms with van der Waals surface area (Å²) in [7, 11) is 3.67. The number of methoxy groups -OCH3 is 1. The molecule has 1 aromatic rings. The van der Waals surface area contributed by atoms with Crippen molar-refractivity contribution in [3.05, 3.63) is 34.6 Å². The third-order valence-corrected chi connectivity index (χ3v) is 4.88. The van der Waals surface area contributed by atoms with Gasteiger partial charge in [0.15, 0.2) is 0 Å². The van der Waals surface area contributed by atoms with E-state index in [0.29, 0.717) is 25.3 Å². The Bertz CT molecular complexity index is 567. The molecule has 2 rings (SSSR count). The summed E-state index contributed by atoms with van der Waals surface area (Å²) >= 11 is 5.85. The quantitative estimate of drug-likeness (QED) is 0.754. The lowest BCUT2D eigenvalue weighted by Crippen LogP contribution is -2.34. The fraction of sp³-hybridized carbons (Fsp3) is 0.611. The van der Waals surface area contributed by atoms with Gasteiger partial charge >= 0.3 is 0 Å². The molecule has 0 bridgehead atoms. The van der Waals surface area contributed by atoms with E-state index in [9.17, 15) is 14.3 Å². The highest BCUT2D eigenvalue weighted by molar-refractivity contribution is 6.30. The van der Waals surface area contributed by atoms with Crippen molar-refractivity contribution in [2.75, 3.05) is 53.6 Å². The number of carbonyl (C=O) groups is 1. The van der Waals surface area contributed by atoms with Crippen molar-refractivity contribution < 1.29 is 19.0 Å². The van der Waals surface area contributed by atoms with E-state index in [2.05, 4.69) is 4.90 Å². The van der Waals surface area contributed by atoms with E-state index in [-0.39, 0.29) is 35.8 Å². The second kappa shape index (κ2) is 9.48. The van der Waals surface area contributed by atoms with Gasteiger partial charge in [-0.05, 0) is 36.7 Å². The van der Waals surface area contributed by atoms with Crippen LogP contribution in [0.2, 0.25) is 5.02 Å². The Morgan fingerprint density at radius 3 is 2.76 bits per heavy atom. The summed E-state index contributed by atoms with van der Waals surface area (Å²) in [6.07, 6.45) is 0.113. The largest absolute Gasteiger partial charge is 0.396 e. The zero-order valence-electron chi connectivity index (χ0n) is 14.8. The Morgan fingerprint density at radius 1 is 1.40 bits per heavy atom. The topological polar surface area (TPSA) is 53.0 Å². The van der Waals surface area contributed by atoms with Gasteiger partial charge in [0.2, 0.25) is 5.91 Å². The number of rotatable bonds is 8. The van der Waals surface area contributed by atoms with E-state index >= 15 is 0 Å². The molecule has 2 atom stereocenters. The van der Waals surface area contributed by atoms with Crippen molar-refractivity contribution in [2.24, 2.45) is 11.8 Å². The average Bonchev–Trinajstić information content (AvgIpc) is 2.95. The summed E-state index contributed by atoms with van der Waals surface area (Å²) < 4.78 is 18.5. The molecular weight excluding hydrogens is 347 g/mol. The van der Waals surface area contributed by atoms with Gasteiger partial charge in [-0.3, -0.25) is 4.79 Å². The van der Waals surface area contributed by atoms with Crippen LogP contribution < -0.4 is 0 Å². The first-order valence-electron chi connectivity index (χ1n) is 8.44. The summed E-state index contributed by atoms with van der Waals surface area (Å²) in [5.74, 6) is -0.235. The number of benzene rings is 1. The first-order chi connectivity index (χ1) is 11.9. The van der Waals surface area contributed by atoms with E-state index in [1.165, 1.54) is 12.1 Å². The number of aliphatic hydroxyl groups excluding tert-OH is 1. The number of nitrogens with zero attached hydrogens (tertiary/aromatic N) is 2. The molecule has 1 saturated heterocycles. The monoisotopic (exact) mass is 372 g/mol. The van der Waals surface area contributed by atoms with Gasteiger partial charge in [-0.1, -0.05) is 11.6 Å². The highest BCUT2D eigenvalue weighted by atomic mass is 35.5. The second-order valence-corrected chi connectivity index (χ2v) is 7.15. The average molecular weight is 373 g/mol. The SMILES string of the molecule is COCCN(C)C[C@@H]1CN(C(=O)Cc2cc(F)cc(Cl)c2)C[C@@H]1CO. The number of likely N-dealkylation sites (N-methyl/N-ethyl adjacent to an activating group) is 1. The molecular formula is C18H26ClFN2O3. The number of carbonyl (C=O) groups excluding carboxylic acids is 1. The number of hydrogen-bond donors (Lipinski definition) is 1. The van der Waals surface area contributed by atoms with Crippen LogP contribution in [-0.4, -0.2) is 74.4 Å². The predicted molar refractivity (Wildman–Crippen MR) is 95.1 cm³/mol. The molecule has 1 amide bonds. The van der Waals surface area contributed by atoms with Crippen molar-refractivity contribution in [1.29, 1.82) is 0 Å². The zero-order chi connectivity index (χ0) is 18.4. The Morgan fingerprint density at radius 2 is 2.12 bits per heavy atom. The number of hydrogen-bond acceptors (Lipinski definition) is 4. The fourth-order valence-corrected chi connectivity index (χ4v) is 3.54. The van der Waals surface area contributed by atoms with E-state index in [1.54, 1.807) is 18.1 Å². The molecule has 0 unspecified atom stereocenters. The minimum absolute atomic E-state index is 0.0539. The van der Waals surface area contributed by atoms with Gasteiger partial charge in [-0.25, -0.2) is 4.39 Å². The van der Waals surface area contributed by atoms with Crippen LogP contribution in [0.3, 0.4) is 0 Å². The summed E-state index contributed by atoms with van der Waals surface area (Å²) in [4.78, 5) is 16.5. The molecule has 1 aliphatic rings. The van der Waals surface area contributed by atoms with E-state index in [4.69, 9.17) is 16.3 Å². The summed E-state index contributed by atoms with van der Waals surface area (Å²) in [6.45, 7) is 3.44. The highest BCUT2D eigenvalue weighted by Gasteiger charge is 2.35. The first-order valence-corrected chi connectivity index (χ1v) is 8.81. The smallest absolute Gasteiger partial charge is 0.227 e. The molecule has 140 valence electrons. The normalized spacial score (nSPS) is 20.5. The van der Waals surface area contributed by atoms with Gasteiger partial charge in [0.1, 0.15) is 5.82 Å². The third kappa shape index (κ3) is 5.92. The molecule has 1 fully saturated rings. The molecule has 5 nitrogen and oxygen atoms in total. The van der Waals surface area contributed by atoms with Crippen LogP contribution in [0.5, 0.6) is 0 Å². The van der Waals surface area contributed by atoms with Gasteiger partial charge in [0.25, 0.3) is 0 Å². The molecule has 0 aliphatic carbocycles. The van der Waals surface area contributed by atoms with Crippen LogP contribution in [-0.2, 0) is 16.0 Å². The summed E-state index contributed by atoms with van der Waals surface area (Å²) in [5, 5.41) is 9.93. The number of ether oxygens (including phenoxy) is 1. The molecule has 0 aromatic heterocycles. The number of likely N-dealkylation sites (tertiary alicyclic amines) is 1. The maximum Gasteiger partial charge on any atom is 0.227 e. The van der Waals surface area contributed by atoms with Crippen LogP contribution >= 0.6 is 11.6 Å². The van der Waals surface area contributed by atoms with Crippen LogP contribution in [0, 0.1) is 17.7 Å². The fourth-order valence-electron chi connectivity index (χ4n) is 3.29. The maximum atomic E-state index is 13.4. The molecule has 1 aromatic carbocycles. The zero-order valence-corrected chi connectivity index (χ0v) is 15.5. The molecule has 1 N–H and O–H groups in total. The van der Waals surface area contributed by atoms with Gasteiger partial charge in [0.05, 0.1) is 13.0 Å². The lowest BCUT2D eigenvalue weighted by Gasteiger charge is -2.23. The molecule has 7 heteroatoms. The molecule has 0 saturated carbocycles. The third-order valence-electron chi connectivity index (χ3n) is 4.66. The summed E-state index contributed by atoms with van der Waals surface area (Å²) in [5.41, 5.74) is 0.566. The Kier molecular flexibility index (Phi) is 7.62. The standard InChI is InChI=1S/C18H26ClFN2O3/c1-21(3-4-25-2)9-14-10-22(11-15(14)12-23)18(24)7-13-5-16(19)8-17(20)6-13/h5-6,8,14-15,23H,3-4,7,9-12H2,1-2H3/t14-,15-/m1/s1. The van der Waals surface area contributed by atoms with E-state index < -0.39 is 5.82 Å². The van der Waals surface area contributed by atoms with Crippen molar-refractivity contribution in [3.8, 4) is 0 Å². The minimum atomic E-state index is -0.442. The molecule has 1 heterocycles. The molecule has 1 aliphatic heterocycles. The highest BCUT2D eigenvalue weighted by Crippen LogP contribution is 2.25. The van der Waals surface area contributed by atoms with Crippen LogP contribution in [0.1, 0.15) is 5.56 Å². The number of aliphatic hydroxyl groups is 1. The van der Waals surface area contributed by atoms with Crippen molar-refractivity contribution in [2.45, 2.75) is 6.42 Å². The Balaban J connectivity index is 1.94. The van der Waals surface area contributed by atoms with Crippen LogP contribution in [0.25, 0.3) is 0 Å². The minimum Gasteiger partial charge on any atom is -0.396 e. The number of halogens is 2. The molecule has 0 spiro atoms. The second-order valence-electron chi connectivity index (χ2n) is 6.71. The van der Waals surface area contributed by atoms with E-state index in [1.807, 2.05) is 7.05 Å². The van der Waals surface area contributed by atoms with Gasteiger partial charge < -0.3 is 19.6 Å². The van der Waals surface area contributed by atoms with Crippen LogP contribution in [0.15, 0.2) is 18.2 Å². The van der Waals surface area contributed by atoms with Gasteiger partial charge in [-0.15, -0.1) is 0 Å². The summed E-state index contributed by atoms with van der Waals surface area (Å²) in [6, 6.07) is 4.16. The van der Waals surface area contributed by atoms with Crippen molar-refractivity contribution in [3.63, 3.8) is 0 Å². The molecule has 0 radical (unpaired) electrons. The predicted octanol–water partition coefficient (Wildman–Crippen LogP) is 1.67. The van der Waals surface area contributed by atoms with Gasteiger partial charge in [-0.2, -0.15) is 0 Å². The lowest BCUT2D eigenvalue weighted by molar-refractivity contribution is -0.129. The Hall–Kier alpha value is -1.21. The number of amides is 1. The van der Waals surface area contributed by atoms with E-state index in [0.717, 1.165) is 13.1 Å². The van der Waals surface area contributed by atoms with Crippen LogP contribution in [0.4, 0.5) is 4.39 Å². The van der Waals surface area contributed by atoms with Gasteiger partial charge in [0, 0.05) is 50.8 Å². The lowest BCUT2D eigenvalue weighted by atomic mass is 9.96. The van der Waals surface area contributed by atoms with Crippen molar-refractivity contribution in [1.82, 2.24) is 9.80 Å². The van der Waals surface area contributed by atoms with Crippen molar-refractivity contribution >= 4 is 17.5 Å². The molecule has 25 heavy (non-hydrogen) atoms.